The molecule has 0 aliphatic carbocycles. The van der Waals surface area contributed by atoms with Crippen molar-refractivity contribution in [1.82, 2.24) is 14.9 Å². The zero-order chi connectivity index (χ0) is 18.6. The Labute approximate surface area is 164 Å². The number of rotatable bonds is 4. The number of nitrogens with zero attached hydrogens (tertiary/aromatic N) is 3. The molecule has 0 spiro atoms. The molecule has 0 N–H and O–H groups in total. The van der Waals surface area contributed by atoms with E-state index >= 15 is 0 Å². The molecule has 3 aromatic rings. The molecular formula is C22H23N3OS. The Morgan fingerprint density at radius 2 is 1.78 bits per heavy atom. The second-order valence-corrected chi connectivity index (χ2v) is 8.07. The van der Waals surface area contributed by atoms with Gasteiger partial charge < -0.3 is 4.90 Å². The number of hydrogen-bond donors (Lipinski definition) is 0. The average Bonchev–Trinajstić information content (AvgIpc) is 2.72. The monoisotopic (exact) mass is 377 g/mol. The van der Waals surface area contributed by atoms with Crippen LogP contribution in [0.1, 0.15) is 19.8 Å². The van der Waals surface area contributed by atoms with Gasteiger partial charge in [-0.25, -0.2) is 9.97 Å². The maximum absolute atomic E-state index is 12.7. The van der Waals surface area contributed by atoms with Crippen LogP contribution < -0.4 is 0 Å². The molecule has 138 valence electrons. The summed E-state index contributed by atoms with van der Waals surface area (Å²) in [6, 6.07) is 18.0. The predicted molar refractivity (Wildman–Crippen MR) is 111 cm³/mol. The van der Waals surface area contributed by atoms with Crippen LogP contribution in [-0.2, 0) is 4.79 Å². The van der Waals surface area contributed by atoms with Crippen molar-refractivity contribution in [2.45, 2.75) is 24.8 Å². The molecule has 0 unspecified atom stereocenters. The highest BCUT2D eigenvalue weighted by Crippen LogP contribution is 2.30. The summed E-state index contributed by atoms with van der Waals surface area (Å²) < 4.78 is 0. The minimum atomic E-state index is 0.195. The molecule has 1 atom stereocenters. The van der Waals surface area contributed by atoms with Gasteiger partial charge in [0.2, 0.25) is 5.91 Å². The molecule has 4 rings (SSSR count). The van der Waals surface area contributed by atoms with Crippen molar-refractivity contribution in [3.63, 3.8) is 0 Å². The van der Waals surface area contributed by atoms with Crippen molar-refractivity contribution < 1.29 is 4.79 Å². The van der Waals surface area contributed by atoms with Crippen molar-refractivity contribution in [2.24, 2.45) is 5.92 Å². The lowest BCUT2D eigenvalue weighted by molar-refractivity contribution is -0.130. The predicted octanol–water partition coefficient (Wildman–Crippen LogP) is 4.65. The van der Waals surface area contributed by atoms with Gasteiger partial charge in [0.1, 0.15) is 10.7 Å². The third-order valence-corrected chi connectivity index (χ3v) is 5.88. The van der Waals surface area contributed by atoms with Crippen LogP contribution in [-0.4, -0.2) is 39.6 Å². The highest BCUT2D eigenvalue weighted by atomic mass is 32.2. The number of piperidine rings is 1. The van der Waals surface area contributed by atoms with Crippen LogP contribution >= 0.6 is 11.8 Å². The van der Waals surface area contributed by atoms with Crippen LogP contribution in [0.5, 0.6) is 0 Å². The average molecular weight is 378 g/mol. The highest BCUT2D eigenvalue weighted by Gasteiger charge is 2.22. The van der Waals surface area contributed by atoms with Crippen molar-refractivity contribution >= 4 is 28.7 Å². The number of para-hydroxylation sites is 2. The van der Waals surface area contributed by atoms with E-state index in [4.69, 9.17) is 9.97 Å². The molecule has 1 fully saturated rings. The lowest BCUT2D eigenvalue weighted by atomic mass is 10.0. The first kappa shape index (κ1) is 18.0. The second kappa shape index (κ2) is 8.09. The molecule has 1 aliphatic rings. The molecule has 0 saturated carbocycles. The minimum Gasteiger partial charge on any atom is -0.342 e. The Bertz CT molecular complexity index is 945. The van der Waals surface area contributed by atoms with E-state index in [1.807, 2.05) is 59.5 Å². The van der Waals surface area contributed by atoms with Gasteiger partial charge in [-0.3, -0.25) is 4.79 Å². The number of carbonyl (C=O) groups is 1. The number of fused-ring (bicyclic) bond motifs is 1. The van der Waals surface area contributed by atoms with Gasteiger partial charge >= 0.3 is 0 Å². The Hall–Kier alpha value is -2.40. The SMILES string of the molecule is C[C@@H]1CCCN(C(=O)CSc2nc3ccccc3nc2-c2ccccc2)C1. The zero-order valence-electron chi connectivity index (χ0n) is 15.5. The summed E-state index contributed by atoms with van der Waals surface area (Å²) in [6.45, 7) is 3.96. The molecule has 1 amide bonds. The summed E-state index contributed by atoms with van der Waals surface area (Å²) >= 11 is 1.49. The molecule has 0 radical (unpaired) electrons. The number of aromatic nitrogens is 2. The Kier molecular flexibility index (Phi) is 5.39. The fourth-order valence-electron chi connectivity index (χ4n) is 3.51. The zero-order valence-corrected chi connectivity index (χ0v) is 16.3. The van der Waals surface area contributed by atoms with Crippen molar-refractivity contribution in [1.29, 1.82) is 0 Å². The molecule has 27 heavy (non-hydrogen) atoms. The molecule has 5 heteroatoms. The molecule has 2 heterocycles. The Morgan fingerprint density at radius 3 is 2.52 bits per heavy atom. The first-order chi connectivity index (χ1) is 13.2. The minimum absolute atomic E-state index is 0.195. The number of likely N-dealkylation sites (tertiary alicyclic amines) is 1. The van der Waals surface area contributed by atoms with Gasteiger partial charge in [-0.05, 0) is 30.9 Å². The van der Waals surface area contributed by atoms with Crippen LogP contribution in [0.25, 0.3) is 22.3 Å². The van der Waals surface area contributed by atoms with Gasteiger partial charge in [-0.2, -0.15) is 0 Å². The van der Waals surface area contributed by atoms with E-state index in [2.05, 4.69) is 6.92 Å². The van der Waals surface area contributed by atoms with Crippen LogP contribution in [0.3, 0.4) is 0 Å². The standard InChI is InChI=1S/C22H23N3OS/c1-16-8-7-13-25(14-16)20(26)15-27-22-21(17-9-3-2-4-10-17)23-18-11-5-6-12-19(18)24-22/h2-6,9-12,16H,7-8,13-15H2,1H3/t16-/m1/s1. The van der Waals surface area contributed by atoms with E-state index in [-0.39, 0.29) is 5.91 Å². The Morgan fingerprint density at radius 1 is 1.07 bits per heavy atom. The van der Waals surface area contributed by atoms with Crippen LogP contribution in [0, 0.1) is 5.92 Å². The summed E-state index contributed by atoms with van der Waals surface area (Å²) in [5.74, 6) is 1.19. The smallest absolute Gasteiger partial charge is 0.232 e. The van der Waals surface area contributed by atoms with E-state index < -0.39 is 0 Å². The molecule has 1 aromatic heterocycles. The van der Waals surface area contributed by atoms with E-state index in [1.54, 1.807) is 0 Å². The van der Waals surface area contributed by atoms with Gasteiger partial charge in [-0.1, -0.05) is 61.2 Å². The Balaban J connectivity index is 1.61. The van der Waals surface area contributed by atoms with E-state index in [0.717, 1.165) is 46.8 Å². The molecule has 1 saturated heterocycles. The van der Waals surface area contributed by atoms with E-state index in [9.17, 15) is 4.79 Å². The normalized spacial score (nSPS) is 17.2. The fraction of sp³-hybridized carbons (Fsp3) is 0.318. The third-order valence-electron chi connectivity index (χ3n) is 4.93. The van der Waals surface area contributed by atoms with Gasteiger partial charge in [0.15, 0.2) is 0 Å². The van der Waals surface area contributed by atoms with Crippen LogP contribution in [0.15, 0.2) is 59.6 Å². The molecular weight excluding hydrogens is 354 g/mol. The lowest BCUT2D eigenvalue weighted by Crippen LogP contribution is -2.40. The van der Waals surface area contributed by atoms with E-state index in [0.29, 0.717) is 11.7 Å². The van der Waals surface area contributed by atoms with Crippen molar-refractivity contribution in [3.05, 3.63) is 54.6 Å². The molecule has 2 aromatic carbocycles. The van der Waals surface area contributed by atoms with Gasteiger partial charge in [-0.15, -0.1) is 0 Å². The summed E-state index contributed by atoms with van der Waals surface area (Å²) in [6.07, 6.45) is 2.31. The van der Waals surface area contributed by atoms with Gasteiger partial charge in [0.25, 0.3) is 0 Å². The highest BCUT2D eigenvalue weighted by molar-refractivity contribution is 8.00. The topological polar surface area (TPSA) is 46.1 Å². The number of amides is 1. The lowest BCUT2D eigenvalue weighted by Gasteiger charge is -2.30. The maximum Gasteiger partial charge on any atom is 0.232 e. The van der Waals surface area contributed by atoms with Gasteiger partial charge in [0.05, 0.1) is 16.8 Å². The number of thioether (sulfide) groups is 1. The molecule has 4 nitrogen and oxygen atoms in total. The third kappa shape index (κ3) is 4.14. The second-order valence-electron chi connectivity index (χ2n) is 7.11. The first-order valence-electron chi connectivity index (χ1n) is 9.43. The summed E-state index contributed by atoms with van der Waals surface area (Å²) in [5.41, 5.74) is 3.60. The van der Waals surface area contributed by atoms with E-state index in [1.165, 1.54) is 18.2 Å². The summed E-state index contributed by atoms with van der Waals surface area (Å²) in [4.78, 5) is 24.3. The van der Waals surface area contributed by atoms with Crippen molar-refractivity contribution in [2.75, 3.05) is 18.8 Å². The fourth-order valence-corrected chi connectivity index (χ4v) is 4.41. The van der Waals surface area contributed by atoms with Gasteiger partial charge in [0, 0.05) is 18.7 Å². The van der Waals surface area contributed by atoms with Crippen LogP contribution in [0.2, 0.25) is 0 Å². The number of benzene rings is 2. The number of carbonyl (C=O) groups excluding carboxylic acids is 1. The summed E-state index contributed by atoms with van der Waals surface area (Å²) in [5, 5.41) is 0.818. The quantitative estimate of drug-likeness (QED) is 0.621. The molecule has 1 aliphatic heterocycles. The van der Waals surface area contributed by atoms with Crippen LogP contribution in [0.4, 0.5) is 0 Å². The molecule has 0 bridgehead atoms. The largest absolute Gasteiger partial charge is 0.342 e. The maximum atomic E-state index is 12.7. The summed E-state index contributed by atoms with van der Waals surface area (Å²) in [7, 11) is 0. The first-order valence-corrected chi connectivity index (χ1v) is 10.4. The van der Waals surface area contributed by atoms with Crippen molar-refractivity contribution in [3.8, 4) is 11.3 Å². The number of hydrogen-bond acceptors (Lipinski definition) is 4.